The number of piperazine rings is 1. The molecular formula is C21H26FN3O4S. The maximum absolute atomic E-state index is 13.4. The first-order chi connectivity index (χ1) is 14.2. The summed E-state index contributed by atoms with van der Waals surface area (Å²) in [5.41, 5.74) is 1.93. The third-order valence-corrected chi connectivity index (χ3v) is 7.05. The summed E-state index contributed by atoms with van der Waals surface area (Å²) in [5, 5.41) is 2.95. The number of urea groups is 1. The first kappa shape index (κ1) is 22.0. The number of nitrogens with one attached hydrogen (secondary N) is 1. The average molecular weight is 436 g/mol. The summed E-state index contributed by atoms with van der Waals surface area (Å²) >= 11 is 0. The fourth-order valence-electron chi connectivity index (χ4n) is 3.45. The zero-order valence-corrected chi connectivity index (χ0v) is 18.1. The van der Waals surface area contributed by atoms with Crippen molar-refractivity contribution in [1.29, 1.82) is 0 Å². The van der Waals surface area contributed by atoms with Gasteiger partial charge in [0.25, 0.3) is 0 Å². The number of carbonyl (C=O) groups is 1. The first-order valence-corrected chi connectivity index (χ1v) is 11.1. The van der Waals surface area contributed by atoms with Gasteiger partial charge in [-0.25, -0.2) is 17.6 Å². The van der Waals surface area contributed by atoms with Crippen LogP contribution >= 0.6 is 0 Å². The fraction of sp³-hybridized carbons (Fsp3) is 0.381. The predicted octanol–water partition coefficient (Wildman–Crippen LogP) is 2.92. The van der Waals surface area contributed by atoms with E-state index in [9.17, 15) is 17.6 Å². The Morgan fingerprint density at radius 3 is 2.47 bits per heavy atom. The Morgan fingerprint density at radius 2 is 1.83 bits per heavy atom. The zero-order chi connectivity index (χ0) is 21.9. The summed E-state index contributed by atoms with van der Waals surface area (Å²) < 4.78 is 45.5. The molecule has 1 unspecified atom stereocenters. The summed E-state index contributed by atoms with van der Waals surface area (Å²) in [5.74, 6) is 0.0917. The Bertz CT molecular complexity index is 1020. The zero-order valence-electron chi connectivity index (χ0n) is 17.3. The van der Waals surface area contributed by atoms with Gasteiger partial charge in [0.05, 0.1) is 18.0 Å². The lowest BCUT2D eigenvalue weighted by Gasteiger charge is -2.34. The van der Waals surface area contributed by atoms with Crippen LogP contribution in [0.1, 0.15) is 24.1 Å². The van der Waals surface area contributed by atoms with E-state index in [2.05, 4.69) is 5.32 Å². The Hall–Kier alpha value is -2.65. The Morgan fingerprint density at radius 1 is 1.13 bits per heavy atom. The minimum atomic E-state index is -3.80. The molecule has 1 N–H and O–H groups in total. The van der Waals surface area contributed by atoms with Crippen LogP contribution in [0.25, 0.3) is 0 Å². The van der Waals surface area contributed by atoms with Crippen molar-refractivity contribution in [2.24, 2.45) is 0 Å². The van der Waals surface area contributed by atoms with Crippen molar-refractivity contribution < 1.29 is 22.3 Å². The van der Waals surface area contributed by atoms with Crippen molar-refractivity contribution >= 4 is 16.1 Å². The van der Waals surface area contributed by atoms with E-state index in [4.69, 9.17) is 4.74 Å². The van der Waals surface area contributed by atoms with E-state index < -0.39 is 15.8 Å². The number of halogens is 1. The number of carbonyl (C=O) groups excluding carboxylic acids is 1. The van der Waals surface area contributed by atoms with Gasteiger partial charge in [-0.1, -0.05) is 23.8 Å². The highest BCUT2D eigenvalue weighted by molar-refractivity contribution is 7.89. The molecule has 2 aromatic carbocycles. The summed E-state index contributed by atoms with van der Waals surface area (Å²) in [6.07, 6.45) is 0. The van der Waals surface area contributed by atoms with Gasteiger partial charge in [-0.2, -0.15) is 4.31 Å². The Labute approximate surface area is 176 Å². The number of rotatable bonds is 5. The second-order valence-electron chi connectivity index (χ2n) is 7.27. The van der Waals surface area contributed by atoms with Gasteiger partial charge < -0.3 is 15.0 Å². The van der Waals surface area contributed by atoms with Crippen molar-refractivity contribution in [3.05, 3.63) is 59.4 Å². The molecule has 1 aliphatic rings. The van der Waals surface area contributed by atoms with Gasteiger partial charge in [0, 0.05) is 31.7 Å². The largest absolute Gasteiger partial charge is 0.496 e. The van der Waals surface area contributed by atoms with Gasteiger partial charge in [0.2, 0.25) is 10.0 Å². The van der Waals surface area contributed by atoms with Crippen LogP contribution in [0.2, 0.25) is 0 Å². The highest BCUT2D eigenvalue weighted by Gasteiger charge is 2.31. The summed E-state index contributed by atoms with van der Waals surface area (Å²) in [6.45, 7) is 4.63. The number of methoxy groups -OCH3 is 1. The number of sulfonamides is 1. The predicted molar refractivity (Wildman–Crippen MR) is 111 cm³/mol. The van der Waals surface area contributed by atoms with Crippen LogP contribution in [0.15, 0.2) is 47.4 Å². The number of benzene rings is 2. The van der Waals surface area contributed by atoms with Gasteiger partial charge in [-0.15, -0.1) is 0 Å². The maximum atomic E-state index is 13.4. The molecule has 1 heterocycles. The minimum Gasteiger partial charge on any atom is -0.496 e. The number of hydrogen-bond donors (Lipinski definition) is 1. The van der Waals surface area contributed by atoms with E-state index in [0.29, 0.717) is 5.75 Å². The smallest absolute Gasteiger partial charge is 0.317 e. The topological polar surface area (TPSA) is 79.0 Å². The number of hydrogen-bond acceptors (Lipinski definition) is 4. The Kier molecular flexibility index (Phi) is 6.62. The molecule has 1 fully saturated rings. The normalized spacial score (nSPS) is 16.2. The average Bonchev–Trinajstić information content (AvgIpc) is 2.73. The van der Waals surface area contributed by atoms with Crippen molar-refractivity contribution in [2.75, 3.05) is 33.3 Å². The molecule has 30 heavy (non-hydrogen) atoms. The van der Waals surface area contributed by atoms with E-state index in [-0.39, 0.29) is 43.1 Å². The molecule has 0 radical (unpaired) electrons. The second kappa shape index (κ2) is 9.01. The lowest BCUT2D eigenvalue weighted by atomic mass is 10.0. The molecule has 1 aliphatic heterocycles. The quantitative estimate of drug-likeness (QED) is 0.783. The van der Waals surface area contributed by atoms with Crippen LogP contribution in [-0.4, -0.2) is 56.9 Å². The van der Waals surface area contributed by atoms with Crippen LogP contribution in [0, 0.1) is 12.7 Å². The fourth-order valence-corrected chi connectivity index (χ4v) is 4.91. The van der Waals surface area contributed by atoms with Crippen molar-refractivity contribution in [3.63, 3.8) is 0 Å². The number of amides is 2. The SMILES string of the molecule is COc1ccc(C)cc1C(C)NC(=O)N1CCN(S(=O)(=O)c2cccc(F)c2)CC1. The van der Waals surface area contributed by atoms with Crippen LogP contribution in [0.5, 0.6) is 5.75 Å². The van der Waals surface area contributed by atoms with Gasteiger partial charge >= 0.3 is 6.03 Å². The van der Waals surface area contributed by atoms with Crippen molar-refractivity contribution in [3.8, 4) is 5.75 Å². The second-order valence-corrected chi connectivity index (χ2v) is 9.20. The molecule has 2 amide bonds. The molecule has 1 atom stereocenters. The molecule has 7 nitrogen and oxygen atoms in total. The van der Waals surface area contributed by atoms with E-state index in [1.807, 2.05) is 32.0 Å². The molecule has 0 aliphatic carbocycles. The first-order valence-electron chi connectivity index (χ1n) is 9.68. The monoisotopic (exact) mass is 435 g/mol. The number of ether oxygens (including phenoxy) is 1. The lowest BCUT2D eigenvalue weighted by Crippen LogP contribution is -2.53. The van der Waals surface area contributed by atoms with Crippen molar-refractivity contribution in [1.82, 2.24) is 14.5 Å². The third kappa shape index (κ3) is 4.73. The summed E-state index contributed by atoms with van der Waals surface area (Å²) in [4.78, 5) is 14.2. The van der Waals surface area contributed by atoms with E-state index >= 15 is 0 Å². The lowest BCUT2D eigenvalue weighted by molar-refractivity contribution is 0.169. The standard InChI is InChI=1S/C21H26FN3O4S/c1-15-7-8-20(29-3)19(13-15)16(2)23-21(26)24-9-11-25(12-10-24)30(27,28)18-6-4-5-17(22)14-18/h4-8,13-14,16H,9-12H2,1-3H3,(H,23,26). The van der Waals surface area contributed by atoms with Gasteiger partial charge in [-0.3, -0.25) is 0 Å². The molecule has 3 rings (SSSR count). The van der Waals surface area contributed by atoms with Crippen LogP contribution < -0.4 is 10.1 Å². The molecule has 1 saturated heterocycles. The summed E-state index contributed by atoms with van der Waals surface area (Å²) in [7, 11) is -2.21. The van der Waals surface area contributed by atoms with Gasteiger partial charge in [0.15, 0.2) is 0 Å². The van der Waals surface area contributed by atoms with E-state index in [0.717, 1.165) is 17.2 Å². The van der Waals surface area contributed by atoms with Crippen LogP contribution in [0.4, 0.5) is 9.18 Å². The third-order valence-electron chi connectivity index (χ3n) is 5.15. The molecular weight excluding hydrogens is 409 g/mol. The number of aryl methyl sites for hydroxylation is 1. The maximum Gasteiger partial charge on any atom is 0.317 e. The van der Waals surface area contributed by atoms with E-state index in [1.54, 1.807) is 12.0 Å². The molecule has 0 spiro atoms. The molecule has 9 heteroatoms. The van der Waals surface area contributed by atoms with Crippen LogP contribution in [0.3, 0.4) is 0 Å². The molecule has 2 aromatic rings. The highest BCUT2D eigenvalue weighted by atomic mass is 32.2. The molecule has 162 valence electrons. The number of nitrogens with zero attached hydrogens (tertiary/aromatic N) is 2. The van der Waals surface area contributed by atoms with Gasteiger partial charge in [-0.05, 0) is 38.1 Å². The minimum absolute atomic E-state index is 0.0828. The van der Waals surface area contributed by atoms with Crippen LogP contribution in [-0.2, 0) is 10.0 Å². The van der Waals surface area contributed by atoms with E-state index in [1.165, 1.54) is 22.5 Å². The summed E-state index contributed by atoms with van der Waals surface area (Å²) in [6, 6.07) is 10.2. The highest BCUT2D eigenvalue weighted by Crippen LogP contribution is 2.26. The molecule has 0 saturated carbocycles. The van der Waals surface area contributed by atoms with Crippen molar-refractivity contribution in [2.45, 2.75) is 24.8 Å². The Balaban J connectivity index is 1.62. The molecule has 0 aromatic heterocycles. The van der Waals surface area contributed by atoms with Gasteiger partial charge in [0.1, 0.15) is 11.6 Å². The molecule has 0 bridgehead atoms.